The fourth-order valence-corrected chi connectivity index (χ4v) is 3.77. The lowest BCUT2D eigenvalue weighted by atomic mass is 9.94. The maximum absolute atomic E-state index is 13.0. The Labute approximate surface area is 179 Å². The molecule has 0 bridgehead atoms. The number of hydrogen-bond donors (Lipinski definition) is 1. The van der Waals surface area contributed by atoms with Gasteiger partial charge in [0.2, 0.25) is 5.88 Å². The van der Waals surface area contributed by atoms with E-state index in [4.69, 9.17) is 10.5 Å². The Morgan fingerprint density at radius 3 is 2.52 bits per heavy atom. The number of nitrogens with two attached hydrogens (primary N) is 1. The van der Waals surface area contributed by atoms with Gasteiger partial charge in [-0.15, -0.1) is 5.10 Å². The van der Waals surface area contributed by atoms with Crippen LogP contribution in [0.5, 0.6) is 5.88 Å². The Balaban J connectivity index is 1.89. The Morgan fingerprint density at radius 1 is 1.29 bits per heavy atom. The van der Waals surface area contributed by atoms with Crippen molar-refractivity contribution in [3.63, 3.8) is 0 Å². The summed E-state index contributed by atoms with van der Waals surface area (Å²) in [6, 6.07) is 4.65. The molecule has 10 heteroatoms. The zero-order chi connectivity index (χ0) is 23.2. The standard InChI is InChI=1S/C21H28F3N5O2/c1-13-10-20(4,5)28(11-13)18-14(17(25)30)6-7-15(26-18)29-9-8-16(27-29)31-12-19(2,3)21(22,23)24/h6-9,13H,10-12H2,1-5H3,(H2,25,30)/t13-/m0/s1. The van der Waals surface area contributed by atoms with Gasteiger partial charge in [0.15, 0.2) is 5.82 Å². The van der Waals surface area contributed by atoms with Crippen LogP contribution in [0.2, 0.25) is 0 Å². The summed E-state index contributed by atoms with van der Waals surface area (Å²) < 4.78 is 45.8. The summed E-state index contributed by atoms with van der Waals surface area (Å²) in [7, 11) is 0. The molecule has 1 amide bonds. The molecule has 3 heterocycles. The van der Waals surface area contributed by atoms with Crippen LogP contribution in [0.25, 0.3) is 5.82 Å². The second-order valence-corrected chi connectivity index (χ2v) is 9.41. The molecule has 1 saturated heterocycles. The van der Waals surface area contributed by atoms with E-state index in [2.05, 4.69) is 35.8 Å². The van der Waals surface area contributed by atoms with Crippen molar-refractivity contribution in [2.75, 3.05) is 18.1 Å². The van der Waals surface area contributed by atoms with Crippen LogP contribution < -0.4 is 15.4 Å². The maximum Gasteiger partial charge on any atom is 0.397 e. The zero-order valence-electron chi connectivity index (χ0n) is 18.3. The van der Waals surface area contributed by atoms with E-state index in [1.165, 1.54) is 10.7 Å². The average Bonchev–Trinajstić information content (AvgIpc) is 3.21. The normalized spacial score (nSPS) is 19.0. The summed E-state index contributed by atoms with van der Waals surface area (Å²) in [6.45, 7) is 8.60. The minimum absolute atomic E-state index is 0.0507. The minimum Gasteiger partial charge on any atom is -0.476 e. The number of pyridine rings is 1. The van der Waals surface area contributed by atoms with Crippen LogP contribution in [-0.4, -0.2) is 45.5 Å². The molecule has 0 saturated carbocycles. The monoisotopic (exact) mass is 439 g/mol. The number of amides is 1. The van der Waals surface area contributed by atoms with Crippen molar-refractivity contribution in [3.8, 4) is 11.7 Å². The van der Waals surface area contributed by atoms with Crippen molar-refractivity contribution in [2.24, 2.45) is 17.1 Å². The van der Waals surface area contributed by atoms with E-state index >= 15 is 0 Å². The smallest absolute Gasteiger partial charge is 0.397 e. The summed E-state index contributed by atoms with van der Waals surface area (Å²) in [5.41, 5.74) is 3.66. The molecule has 0 unspecified atom stereocenters. The van der Waals surface area contributed by atoms with Crippen LogP contribution in [0.3, 0.4) is 0 Å². The van der Waals surface area contributed by atoms with E-state index in [-0.39, 0.29) is 11.4 Å². The molecule has 170 valence electrons. The number of nitrogens with zero attached hydrogens (tertiary/aromatic N) is 4. The molecular weight excluding hydrogens is 411 g/mol. The number of carbonyl (C=O) groups is 1. The minimum atomic E-state index is -4.39. The third-order valence-corrected chi connectivity index (χ3v) is 5.60. The predicted octanol–water partition coefficient (Wildman–Crippen LogP) is 3.96. The molecule has 2 aromatic rings. The molecule has 0 spiro atoms. The largest absolute Gasteiger partial charge is 0.476 e. The van der Waals surface area contributed by atoms with Gasteiger partial charge in [-0.2, -0.15) is 13.2 Å². The highest BCUT2D eigenvalue weighted by atomic mass is 19.4. The van der Waals surface area contributed by atoms with E-state index in [9.17, 15) is 18.0 Å². The second kappa shape index (κ2) is 7.72. The van der Waals surface area contributed by atoms with E-state index in [0.29, 0.717) is 23.1 Å². The SMILES string of the molecule is C[C@@H]1CN(c2nc(-n3ccc(OCC(C)(C)C(F)(F)F)n3)ccc2C(N)=O)C(C)(C)C1. The van der Waals surface area contributed by atoms with Crippen molar-refractivity contribution in [1.29, 1.82) is 0 Å². The molecule has 0 radical (unpaired) electrons. The van der Waals surface area contributed by atoms with Gasteiger partial charge in [0.1, 0.15) is 12.4 Å². The van der Waals surface area contributed by atoms with Gasteiger partial charge in [0, 0.05) is 24.3 Å². The number of halogens is 3. The van der Waals surface area contributed by atoms with Crippen LogP contribution in [0, 0.1) is 11.3 Å². The van der Waals surface area contributed by atoms with Gasteiger partial charge in [-0.3, -0.25) is 4.79 Å². The number of aromatic nitrogens is 3. The zero-order valence-corrected chi connectivity index (χ0v) is 18.3. The van der Waals surface area contributed by atoms with E-state index < -0.39 is 24.1 Å². The predicted molar refractivity (Wildman–Crippen MR) is 110 cm³/mol. The summed E-state index contributed by atoms with van der Waals surface area (Å²) >= 11 is 0. The van der Waals surface area contributed by atoms with Crippen molar-refractivity contribution in [3.05, 3.63) is 30.0 Å². The van der Waals surface area contributed by atoms with E-state index in [0.717, 1.165) is 26.8 Å². The van der Waals surface area contributed by atoms with Gasteiger partial charge < -0.3 is 15.4 Å². The first-order chi connectivity index (χ1) is 14.2. The number of hydrogen-bond acceptors (Lipinski definition) is 5. The Hall–Kier alpha value is -2.78. The molecule has 1 aliphatic heterocycles. The molecule has 1 atom stereocenters. The first-order valence-corrected chi connectivity index (χ1v) is 10.1. The molecule has 1 fully saturated rings. The summed E-state index contributed by atoms with van der Waals surface area (Å²) in [4.78, 5) is 18.7. The number of rotatable bonds is 6. The highest BCUT2D eigenvalue weighted by Gasteiger charge is 2.48. The number of carbonyl (C=O) groups excluding carboxylic acids is 1. The van der Waals surface area contributed by atoms with E-state index in [1.54, 1.807) is 18.3 Å². The molecule has 2 aromatic heterocycles. The number of ether oxygens (including phenoxy) is 1. The van der Waals surface area contributed by atoms with Crippen LogP contribution in [-0.2, 0) is 0 Å². The first kappa shape index (κ1) is 22.9. The van der Waals surface area contributed by atoms with Gasteiger partial charge in [-0.1, -0.05) is 6.92 Å². The lowest BCUT2D eigenvalue weighted by Gasteiger charge is -2.33. The van der Waals surface area contributed by atoms with Crippen molar-refractivity contribution in [2.45, 2.75) is 52.8 Å². The third-order valence-electron chi connectivity index (χ3n) is 5.60. The quantitative estimate of drug-likeness (QED) is 0.736. The highest BCUT2D eigenvalue weighted by molar-refractivity contribution is 5.98. The molecule has 7 nitrogen and oxygen atoms in total. The van der Waals surface area contributed by atoms with Crippen molar-refractivity contribution >= 4 is 11.7 Å². The lowest BCUT2D eigenvalue weighted by Crippen LogP contribution is -2.40. The maximum atomic E-state index is 13.0. The average molecular weight is 439 g/mol. The molecular formula is C21H28F3N5O2. The summed E-state index contributed by atoms with van der Waals surface area (Å²) in [6.07, 6.45) is -1.91. The summed E-state index contributed by atoms with van der Waals surface area (Å²) in [5, 5.41) is 4.19. The van der Waals surface area contributed by atoms with Gasteiger partial charge in [-0.05, 0) is 52.2 Å². The second-order valence-electron chi connectivity index (χ2n) is 9.41. The fraction of sp³-hybridized carbons (Fsp3) is 0.571. The van der Waals surface area contributed by atoms with Crippen LogP contribution >= 0.6 is 0 Å². The Bertz CT molecular complexity index is 968. The highest BCUT2D eigenvalue weighted by Crippen LogP contribution is 2.38. The molecule has 2 N–H and O–H groups in total. The number of alkyl halides is 3. The number of anilines is 1. The molecule has 31 heavy (non-hydrogen) atoms. The fourth-order valence-electron chi connectivity index (χ4n) is 3.77. The van der Waals surface area contributed by atoms with Gasteiger partial charge >= 0.3 is 6.18 Å². The number of primary amides is 1. The Kier molecular flexibility index (Phi) is 5.70. The summed E-state index contributed by atoms with van der Waals surface area (Å²) in [5.74, 6) is 0.761. The third kappa shape index (κ3) is 4.62. The van der Waals surface area contributed by atoms with Crippen molar-refractivity contribution < 1.29 is 22.7 Å². The van der Waals surface area contributed by atoms with Crippen LogP contribution in [0.1, 0.15) is 51.4 Å². The van der Waals surface area contributed by atoms with Gasteiger partial charge in [0.25, 0.3) is 5.91 Å². The molecule has 0 aliphatic carbocycles. The molecule has 1 aliphatic rings. The molecule has 0 aromatic carbocycles. The van der Waals surface area contributed by atoms with Crippen LogP contribution in [0.15, 0.2) is 24.4 Å². The molecule has 3 rings (SSSR count). The van der Waals surface area contributed by atoms with Gasteiger partial charge in [0.05, 0.1) is 11.0 Å². The topological polar surface area (TPSA) is 86.3 Å². The Morgan fingerprint density at radius 2 is 1.97 bits per heavy atom. The van der Waals surface area contributed by atoms with Crippen molar-refractivity contribution in [1.82, 2.24) is 14.8 Å². The van der Waals surface area contributed by atoms with Crippen LogP contribution in [0.4, 0.5) is 19.0 Å². The van der Waals surface area contributed by atoms with E-state index in [1.807, 2.05) is 0 Å². The lowest BCUT2D eigenvalue weighted by molar-refractivity contribution is -0.219. The van der Waals surface area contributed by atoms with Gasteiger partial charge in [-0.25, -0.2) is 9.67 Å². The first-order valence-electron chi connectivity index (χ1n) is 10.1.